The molecule has 1 aromatic heterocycles. The molecule has 0 atom stereocenters. The molecule has 0 radical (unpaired) electrons. The summed E-state index contributed by atoms with van der Waals surface area (Å²) < 4.78 is 10.9. The van der Waals surface area contributed by atoms with Gasteiger partial charge in [-0.25, -0.2) is 4.98 Å². The van der Waals surface area contributed by atoms with E-state index in [1.807, 2.05) is 6.07 Å². The Labute approximate surface area is 125 Å². The van der Waals surface area contributed by atoms with Crippen LogP contribution in [0.15, 0.2) is 34.7 Å². The molecule has 0 fully saturated rings. The predicted octanol–water partition coefficient (Wildman–Crippen LogP) is 4.39. The van der Waals surface area contributed by atoms with Crippen molar-refractivity contribution in [2.24, 2.45) is 0 Å². The van der Waals surface area contributed by atoms with Gasteiger partial charge in [0, 0.05) is 0 Å². The molecule has 2 aromatic carbocycles. The third-order valence-corrected chi connectivity index (χ3v) is 3.60. The number of anilines is 1. The van der Waals surface area contributed by atoms with Crippen molar-refractivity contribution in [3.8, 4) is 17.2 Å². The van der Waals surface area contributed by atoms with Crippen LogP contribution in [0.3, 0.4) is 0 Å². The van der Waals surface area contributed by atoms with E-state index in [1.165, 1.54) is 0 Å². The van der Waals surface area contributed by atoms with Crippen molar-refractivity contribution in [2.75, 3.05) is 12.8 Å². The van der Waals surface area contributed by atoms with E-state index in [4.69, 9.17) is 38.1 Å². The molecule has 6 heteroatoms. The lowest BCUT2D eigenvalue weighted by Crippen LogP contribution is -1.92. The van der Waals surface area contributed by atoms with Crippen molar-refractivity contribution in [1.82, 2.24) is 4.98 Å². The Hall–Kier alpha value is -1.91. The molecule has 102 valence electrons. The van der Waals surface area contributed by atoms with Crippen LogP contribution in [0.4, 0.5) is 5.69 Å². The minimum Gasteiger partial charge on any atom is -0.494 e. The lowest BCUT2D eigenvalue weighted by atomic mass is 10.2. The molecule has 0 aliphatic carbocycles. The second-order valence-electron chi connectivity index (χ2n) is 4.14. The summed E-state index contributed by atoms with van der Waals surface area (Å²) in [5, 5.41) is 0.830. The molecule has 1 heterocycles. The van der Waals surface area contributed by atoms with Crippen LogP contribution in [0.5, 0.6) is 5.75 Å². The van der Waals surface area contributed by atoms with Gasteiger partial charge in [-0.2, -0.15) is 0 Å². The number of hydrogen-bond acceptors (Lipinski definition) is 4. The number of methoxy groups -OCH3 is 1. The topological polar surface area (TPSA) is 61.3 Å². The lowest BCUT2D eigenvalue weighted by Gasteiger charge is -2.05. The van der Waals surface area contributed by atoms with Gasteiger partial charge in [0.2, 0.25) is 5.89 Å². The molecule has 20 heavy (non-hydrogen) atoms. The average molecular weight is 309 g/mol. The van der Waals surface area contributed by atoms with Gasteiger partial charge in [0.1, 0.15) is 5.75 Å². The van der Waals surface area contributed by atoms with Gasteiger partial charge in [0.05, 0.1) is 28.4 Å². The van der Waals surface area contributed by atoms with Crippen LogP contribution in [-0.4, -0.2) is 12.1 Å². The van der Waals surface area contributed by atoms with Crippen molar-refractivity contribution in [3.05, 3.63) is 40.4 Å². The van der Waals surface area contributed by atoms with Crippen LogP contribution in [0.2, 0.25) is 10.0 Å². The van der Waals surface area contributed by atoms with Gasteiger partial charge in [-0.15, -0.1) is 0 Å². The summed E-state index contributed by atoms with van der Waals surface area (Å²) in [5.74, 6) is 0.934. The summed E-state index contributed by atoms with van der Waals surface area (Å²) in [6.07, 6.45) is 0. The quantitative estimate of drug-likeness (QED) is 0.713. The summed E-state index contributed by atoms with van der Waals surface area (Å²) in [6.45, 7) is 0. The molecule has 2 N–H and O–H groups in total. The number of rotatable bonds is 2. The van der Waals surface area contributed by atoms with E-state index in [-0.39, 0.29) is 0 Å². The van der Waals surface area contributed by atoms with Gasteiger partial charge < -0.3 is 14.9 Å². The third-order valence-electron chi connectivity index (χ3n) is 2.96. The van der Waals surface area contributed by atoms with Gasteiger partial charge in [-0.05, 0) is 24.3 Å². The second-order valence-corrected chi connectivity index (χ2v) is 4.96. The number of benzene rings is 2. The monoisotopic (exact) mass is 308 g/mol. The van der Waals surface area contributed by atoms with E-state index < -0.39 is 0 Å². The highest BCUT2D eigenvalue weighted by atomic mass is 35.5. The molecule has 4 nitrogen and oxygen atoms in total. The molecule has 0 unspecified atom stereocenters. The van der Waals surface area contributed by atoms with Gasteiger partial charge in [0.15, 0.2) is 11.1 Å². The number of hydrogen-bond donors (Lipinski definition) is 1. The average Bonchev–Trinajstić information content (AvgIpc) is 2.86. The molecule has 0 bridgehead atoms. The Morgan fingerprint density at radius 1 is 1.15 bits per heavy atom. The fourth-order valence-corrected chi connectivity index (χ4v) is 2.38. The fraction of sp³-hybridized carbons (Fsp3) is 0.0714. The molecule has 3 aromatic rings. The van der Waals surface area contributed by atoms with E-state index in [9.17, 15) is 0 Å². The van der Waals surface area contributed by atoms with E-state index in [1.54, 1.807) is 31.4 Å². The zero-order valence-electron chi connectivity index (χ0n) is 10.5. The predicted molar refractivity (Wildman–Crippen MR) is 80.4 cm³/mol. The second kappa shape index (κ2) is 4.89. The van der Waals surface area contributed by atoms with Gasteiger partial charge in [-0.3, -0.25) is 0 Å². The Balaban J connectivity index is 2.28. The van der Waals surface area contributed by atoms with Gasteiger partial charge >= 0.3 is 0 Å². The van der Waals surface area contributed by atoms with Gasteiger partial charge in [0.25, 0.3) is 0 Å². The Morgan fingerprint density at radius 2 is 1.90 bits per heavy atom. The maximum absolute atomic E-state index is 6.17. The molecular weight excluding hydrogens is 299 g/mol. The first-order valence-electron chi connectivity index (χ1n) is 5.79. The van der Waals surface area contributed by atoms with Crippen molar-refractivity contribution in [1.29, 1.82) is 0 Å². The van der Waals surface area contributed by atoms with Crippen LogP contribution in [0, 0.1) is 0 Å². The summed E-state index contributed by atoms with van der Waals surface area (Å²) in [5.41, 5.74) is 7.99. The number of oxazole rings is 1. The molecule has 0 aliphatic rings. The first-order chi connectivity index (χ1) is 9.61. The minimum absolute atomic E-state index is 0.314. The maximum atomic E-state index is 6.17. The highest BCUT2D eigenvalue weighted by molar-refractivity contribution is 6.37. The molecule has 3 rings (SSSR count). The molecule has 0 amide bonds. The normalized spacial score (nSPS) is 10.9. The third kappa shape index (κ3) is 1.97. The number of fused-ring (bicyclic) bond motifs is 1. The number of nitrogen functional groups attached to an aromatic ring is 1. The number of ether oxygens (including phenoxy) is 1. The SMILES string of the molecule is COc1cccc2oc(-c3c(Cl)ccc(Cl)c3N)nc12. The molecular formula is C14H10Cl2N2O2. The molecule has 0 spiro atoms. The van der Waals surface area contributed by atoms with Crippen molar-refractivity contribution in [2.45, 2.75) is 0 Å². The number of nitrogens with zero attached hydrogens (tertiary/aromatic N) is 1. The molecule has 0 aliphatic heterocycles. The van der Waals surface area contributed by atoms with Crippen LogP contribution in [0.25, 0.3) is 22.6 Å². The lowest BCUT2D eigenvalue weighted by molar-refractivity contribution is 0.419. The first-order valence-corrected chi connectivity index (χ1v) is 6.55. The Bertz CT molecular complexity index is 799. The number of nitrogens with two attached hydrogens (primary N) is 1. The number of aromatic nitrogens is 1. The van der Waals surface area contributed by atoms with Gasteiger partial charge in [-0.1, -0.05) is 29.3 Å². The standard InChI is InChI=1S/C14H10Cl2N2O2/c1-19-9-3-2-4-10-13(9)18-14(20-10)11-7(15)5-6-8(16)12(11)17/h2-6H,17H2,1H3. The zero-order valence-corrected chi connectivity index (χ0v) is 12.0. The van der Waals surface area contributed by atoms with E-state index in [0.717, 1.165) is 0 Å². The van der Waals surface area contributed by atoms with Crippen molar-refractivity contribution < 1.29 is 9.15 Å². The van der Waals surface area contributed by atoms with Crippen LogP contribution >= 0.6 is 23.2 Å². The van der Waals surface area contributed by atoms with E-state index >= 15 is 0 Å². The van der Waals surface area contributed by atoms with Crippen LogP contribution in [0.1, 0.15) is 0 Å². The van der Waals surface area contributed by atoms with E-state index in [2.05, 4.69) is 4.98 Å². The smallest absolute Gasteiger partial charge is 0.231 e. The largest absolute Gasteiger partial charge is 0.494 e. The Kier molecular flexibility index (Phi) is 3.20. The van der Waals surface area contributed by atoms with Crippen molar-refractivity contribution in [3.63, 3.8) is 0 Å². The highest BCUT2D eigenvalue weighted by Gasteiger charge is 2.18. The molecule has 0 saturated carbocycles. The van der Waals surface area contributed by atoms with Crippen LogP contribution < -0.4 is 10.5 Å². The minimum atomic E-state index is 0.314. The first kappa shape index (κ1) is 13.1. The van der Waals surface area contributed by atoms with Crippen LogP contribution in [-0.2, 0) is 0 Å². The molecule has 0 saturated heterocycles. The maximum Gasteiger partial charge on any atom is 0.231 e. The summed E-state index contributed by atoms with van der Waals surface area (Å²) in [6, 6.07) is 8.70. The van der Waals surface area contributed by atoms with E-state index in [0.29, 0.717) is 44.0 Å². The van der Waals surface area contributed by atoms with Crippen molar-refractivity contribution >= 4 is 40.0 Å². The summed E-state index contributed by atoms with van der Waals surface area (Å²) in [4.78, 5) is 4.40. The summed E-state index contributed by atoms with van der Waals surface area (Å²) in [7, 11) is 1.57. The number of para-hydroxylation sites is 1. The Morgan fingerprint density at radius 3 is 2.65 bits per heavy atom. The highest BCUT2D eigenvalue weighted by Crippen LogP contribution is 2.39. The summed E-state index contributed by atoms with van der Waals surface area (Å²) >= 11 is 12.2. The fourth-order valence-electron chi connectivity index (χ4n) is 1.98. The number of halogens is 2. The zero-order chi connectivity index (χ0) is 14.3.